The average Bonchev–Trinajstić information content (AvgIpc) is 3.07. The molecule has 94 valence electrons. The Labute approximate surface area is 126 Å². The first kappa shape index (κ1) is 12.7. The van der Waals surface area contributed by atoms with Crippen molar-refractivity contribution in [2.24, 2.45) is 0 Å². The number of ketones is 1. The predicted octanol–water partition coefficient (Wildman–Crippen LogP) is 4.87. The van der Waals surface area contributed by atoms with Crippen LogP contribution in [0.3, 0.4) is 0 Å². The molecule has 0 fully saturated rings. The number of thiazole rings is 1. The van der Waals surface area contributed by atoms with E-state index in [1.165, 1.54) is 11.3 Å². The number of rotatable bonds is 3. The van der Waals surface area contributed by atoms with E-state index >= 15 is 0 Å². The van der Waals surface area contributed by atoms with Gasteiger partial charge in [0.2, 0.25) is 5.78 Å². The largest absolute Gasteiger partial charge is 0.286 e. The van der Waals surface area contributed by atoms with Crippen molar-refractivity contribution in [1.82, 2.24) is 4.98 Å². The Morgan fingerprint density at radius 1 is 1.11 bits per heavy atom. The van der Waals surface area contributed by atoms with Crippen molar-refractivity contribution in [3.8, 4) is 10.6 Å². The maximum Gasteiger partial charge on any atom is 0.221 e. The second-order valence-electron chi connectivity index (χ2n) is 3.84. The summed E-state index contributed by atoms with van der Waals surface area (Å²) < 4.78 is 1.06. The van der Waals surface area contributed by atoms with Crippen LogP contribution in [0.5, 0.6) is 0 Å². The summed E-state index contributed by atoms with van der Waals surface area (Å²) in [6.45, 7) is 0. The van der Waals surface area contributed by atoms with Gasteiger partial charge in [0, 0.05) is 10.9 Å². The standard InChI is InChI=1S/C14H8BrNOS2/c15-12-7-6-11(19-12)10-8-18-14(16-10)13(17)9-4-2-1-3-5-9/h1-8H. The average molecular weight is 350 g/mol. The van der Waals surface area contributed by atoms with Crippen LogP contribution >= 0.6 is 38.6 Å². The molecule has 0 unspecified atom stereocenters. The molecule has 0 aliphatic heterocycles. The number of carbonyl (C=O) groups excluding carboxylic acids is 1. The van der Waals surface area contributed by atoms with Gasteiger partial charge in [-0.2, -0.15) is 0 Å². The van der Waals surface area contributed by atoms with Gasteiger partial charge >= 0.3 is 0 Å². The summed E-state index contributed by atoms with van der Waals surface area (Å²) >= 11 is 6.43. The van der Waals surface area contributed by atoms with Gasteiger partial charge in [-0.1, -0.05) is 30.3 Å². The van der Waals surface area contributed by atoms with E-state index in [0.29, 0.717) is 10.6 Å². The molecule has 0 N–H and O–H groups in total. The Morgan fingerprint density at radius 2 is 1.89 bits per heavy atom. The molecule has 1 aromatic carbocycles. The first-order valence-electron chi connectivity index (χ1n) is 5.55. The summed E-state index contributed by atoms with van der Waals surface area (Å²) in [5.41, 5.74) is 1.54. The normalized spacial score (nSPS) is 10.6. The maximum absolute atomic E-state index is 12.2. The highest BCUT2D eigenvalue weighted by Gasteiger charge is 2.14. The van der Waals surface area contributed by atoms with E-state index in [2.05, 4.69) is 20.9 Å². The van der Waals surface area contributed by atoms with Crippen molar-refractivity contribution in [2.45, 2.75) is 0 Å². The number of carbonyl (C=O) groups is 1. The second-order valence-corrected chi connectivity index (χ2v) is 7.16. The van der Waals surface area contributed by atoms with Crippen molar-refractivity contribution < 1.29 is 4.79 Å². The molecule has 2 aromatic heterocycles. The second kappa shape index (κ2) is 5.36. The Kier molecular flexibility index (Phi) is 3.59. The SMILES string of the molecule is O=C(c1ccccc1)c1nc(-c2ccc(Br)s2)cs1. The Balaban J connectivity index is 1.92. The van der Waals surface area contributed by atoms with Gasteiger partial charge in [0.25, 0.3) is 0 Å². The quantitative estimate of drug-likeness (QED) is 0.631. The zero-order valence-electron chi connectivity index (χ0n) is 9.67. The molecule has 0 spiro atoms. The van der Waals surface area contributed by atoms with E-state index in [9.17, 15) is 4.79 Å². The van der Waals surface area contributed by atoms with Crippen molar-refractivity contribution in [2.75, 3.05) is 0 Å². The zero-order valence-corrected chi connectivity index (χ0v) is 12.9. The first-order valence-corrected chi connectivity index (χ1v) is 8.04. The summed E-state index contributed by atoms with van der Waals surface area (Å²) in [5, 5.41) is 2.46. The molecular weight excluding hydrogens is 342 g/mol. The molecule has 0 saturated heterocycles. The summed E-state index contributed by atoms with van der Waals surface area (Å²) in [4.78, 5) is 17.7. The lowest BCUT2D eigenvalue weighted by Gasteiger charge is -1.95. The highest BCUT2D eigenvalue weighted by molar-refractivity contribution is 9.11. The minimum atomic E-state index is -0.0209. The monoisotopic (exact) mass is 349 g/mol. The minimum absolute atomic E-state index is 0.0209. The van der Waals surface area contributed by atoms with Crippen LogP contribution in [0.4, 0.5) is 0 Å². The van der Waals surface area contributed by atoms with Crippen LogP contribution in [0.2, 0.25) is 0 Å². The summed E-state index contributed by atoms with van der Waals surface area (Å²) in [5.74, 6) is -0.0209. The fourth-order valence-corrected chi connectivity index (χ4v) is 3.86. The molecule has 2 nitrogen and oxygen atoms in total. The lowest BCUT2D eigenvalue weighted by atomic mass is 10.1. The number of nitrogens with zero attached hydrogens (tertiary/aromatic N) is 1. The number of thiophene rings is 1. The molecule has 19 heavy (non-hydrogen) atoms. The van der Waals surface area contributed by atoms with Crippen molar-refractivity contribution in [3.05, 3.63) is 62.2 Å². The molecule has 5 heteroatoms. The summed E-state index contributed by atoms with van der Waals surface area (Å²) in [7, 11) is 0. The molecule has 0 atom stereocenters. The van der Waals surface area contributed by atoms with Crippen LogP contribution in [0.15, 0.2) is 51.6 Å². The van der Waals surface area contributed by atoms with Gasteiger partial charge in [0.05, 0.1) is 14.4 Å². The van der Waals surface area contributed by atoms with Gasteiger partial charge in [-0.3, -0.25) is 4.79 Å². The zero-order chi connectivity index (χ0) is 13.2. The number of halogens is 1. The van der Waals surface area contributed by atoms with Crippen LogP contribution in [0, 0.1) is 0 Å². The summed E-state index contributed by atoms with van der Waals surface area (Å²) in [6, 6.07) is 13.2. The molecule has 0 aliphatic carbocycles. The number of hydrogen-bond acceptors (Lipinski definition) is 4. The highest BCUT2D eigenvalue weighted by atomic mass is 79.9. The Hall–Kier alpha value is -1.30. The molecule has 3 rings (SSSR count). The van der Waals surface area contributed by atoms with Crippen LogP contribution in [0.1, 0.15) is 15.4 Å². The Morgan fingerprint density at radius 3 is 2.58 bits per heavy atom. The molecule has 0 saturated carbocycles. The lowest BCUT2D eigenvalue weighted by molar-refractivity contribution is 0.103. The molecule has 0 bridgehead atoms. The van der Waals surface area contributed by atoms with E-state index in [-0.39, 0.29) is 5.78 Å². The first-order chi connectivity index (χ1) is 9.24. The fraction of sp³-hybridized carbons (Fsp3) is 0. The van der Waals surface area contributed by atoms with E-state index in [1.54, 1.807) is 11.3 Å². The number of hydrogen-bond donors (Lipinski definition) is 0. The molecule has 2 heterocycles. The number of benzene rings is 1. The molecule has 0 amide bonds. The predicted molar refractivity (Wildman–Crippen MR) is 83.0 cm³/mol. The summed E-state index contributed by atoms with van der Waals surface area (Å²) in [6.07, 6.45) is 0. The molecular formula is C14H8BrNOS2. The third kappa shape index (κ3) is 2.68. The fourth-order valence-electron chi connectivity index (χ4n) is 1.66. The van der Waals surface area contributed by atoms with Crippen LogP contribution in [-0.2, 0) is 0 Å². The molecule has 0 aliphatic rings. The van der Waals surface area contributed by atoms with Gasteiger partial charge < -0.3 is 0 Å². The van der Waals surface area contributed by atoms with Crippen LogP contribution < -0.4 is 0 Å². The van der Waals surface area contributed by atoms with Crippen LogP contribution in [0.25, 0.3) is 10.6 Å². The van der Waals surface area contributed by atoms with Gasteiger partial charge in [-0.05, 0) is 28.1 Å². The minimum Gasteiger partial charge on any atom is -0.286 e. The van der Waals surface area contributed by atoms with E-state index in [4.69, 9.17) is 0 Å². The van der Waals surface area contributed by atoms with E-state index < -0.39 is 0 Å². The highest BCUT2D eigenvalue weighted by Crippen LogP contribution is 2.32. The van der Waals surface area contributed by atoms with E-state index in [1.807, 2.05) is 47.8 Å². The van der Waals surface area contributed by atoms with Gasteiger partial charge in [-0.15, -0.1) is 22.7 Å². The Bertz CT molecular complexity index is 718. The van der Waals surface area contributed by atoms with E-state index in [0.717, 1.165) is 14.4 Å². The van der Waals surface area contributed by atoms with Crippen molar-refractivity contribution in [3.63, 3.8) is 0 Å². The van der Waals surface area contributed by atoms with Crippen LogP contribution in [-0.4, -0.2) is 10.8 Å². The van der Waals surface area contributed by atoms with Gasteiger partial charge in [0.15, 0.2) is 5.01 Å². The molecule has 3 aromatic rings. The third-order valence-electron chi connectivity index (χ3n) is 2.56. The maximum atomic E-state index is 12.2. The topological polar surface area (TPSA) is 30.0 Å². The molecule has 0 radical (unpaired) electrons. The van der Waals surface area contributed by atoms with Gasteiger partial charge in [-0.25, -0.2) is 4.98 Å². The number of aromatic nitrogens is 1. The van der Waals surface area contributed by atoms with Crippen molar-refractivity contribution >= 4 is 44.4 Å². The van der Waals surface area contributed by atoms with Crippen molar-refractivity contribution in [1.29, 1.82) is 0 Å². The van der Waals surface area contributed by atoms with Gasteiger partial charge in [0.1, 0.15) is 0 Å². The smallest absolute Gasteiger partial charge is 0.221 e. The lowest BCUT2D eigenvalue weighted by Crippen LogP contribution is -1.99. The third-order valence-corrected chi connectivity index (χ3v) is 5.05.